The third-order valence-corrected chi connectivity index (χ3v) is 6.24. The zero-order valence-electron chi connectivity index (χ0n) is 22.2. The Hall–Kier alpha value is -3.40. The van der Waals surface area contributed by atoms with E-state index in [0.717, 1.165) is 73.6 Å². The molecule has 0 heterocycles. The quantitative estimate of drug-likeness (QED) is 0.253. The van der Waals surface area contributed by atoms with Crippen LogP contribution in [0.1, 0.15) is 86.8 Å². The van der Waals surface area contributed by atoms with Gasteiger partial charge in [0, 0.05) is 23.6 Å². The van der Waals surface area contributed by atoms with Gasteiger partial charge >= 0.3 is 0 Å². The molecule has 36 heavy (non-hydrogen) atoms. The molecule has 2 N–H and O–H groups in total. The molecule has 0 atom stereocenters. The predicted octanol–water partition coefficient (Wildman–Crippen LogP) is 8.41. The van der Waals surface area contributed by atoms with Crippen molar-refractivity contribution in [3.63, 3.8) is 0 Å². The lowest BCUT2D eigenvalue weighted by Gasteiger charge is -2.11. The summed E-state index contributed by atoms with van der Waals surface area (Å²) in [7, 11) is 0. The molecule has 3 aromatic carbocycles. The number of aryl methyl sites for hydroxylation is 4. The van der Waals surface area contributed by atoms with Gasteiger partial charge in [-0.1, -0.05) is 77.6 Å². The summed E-state index contributed by atoms with van der Waals surface area (Å²) >= 11 is 0. The molecule has 0 aliphatic carbocycles. The molecule has 0 amide bonds. The van der Waals surface area contributed by atoms with E-state index in [1.165, 1.54) is 11.1 Å². The van der Waals surface area contributed by atoms with Crippen LogP contribution in [-0.4, -0.2) is 22.6 Å². The minimum absolute atomic E-state index is 0.308. The Labute approximate surface area is 216 Å². The highest BCUT2D eigenvalue weighted by Gasteiger charge is 2.10. The van der Waals surface area contributed by atoms with Crippen LogP contribution in [0.3, 0.4) is 0 Å². The van der Waals surface area contributed by atoms with E-state index in [9.17, 15) is 10.2 Å². The van der Waals surface area contributed by atoms with Gasteiger partial charge in [-0.25, -0.2) is 0 Å². The molecule has 0 aliphatic heterocycles. The largest absolute Gasteiger partial charge is 0.507 e. The van der Waals surface area contributed by atoms with Crippen LogP contribution < -0.4 is 0 Å². The summed E-state index contributed by atoms with van der Waals surface area (Å²) < 4.78 is 0. The first-order valence-electron chi connectivity index (χ1n) is 13.4. The van der Waals surface area contributed by atoms with Crippen molar-refractivity contribution < 1.29 is 10.2 Å². The van der Waals surface area contributed by atoms with E-state index in [0.29, 0.717) is 22.9 Å². The predicted molar refractivity (Wildman–Crippen MR) is 153 cm³/mol. The maximum absolute atomic E-state index is 10.8. The van der Waals surface area contributed by atoms with Crippen molar-refractivity contribution in [3.8, 4) is 11.5 Å². The molecule has 4 nitrogen and oxygen atoms in total. The van der Waals surface area contributed by atoms with Gasteiger partial charge in [0.05, 0.1) is 11.4 Å². The van der Waals surface area contributed by atoms with E-state index in [1.807, 2.05) is 36.4 Å². The van der Waals surface area contributed by atoms with E-state index in [-0.39, 0.29) is 0 Å². The third-order valence-electron chi connectivity index (χ3n) is 6.24. The Balaban J connectivity index is 1.95. The number of benzene rings is 3. The number of phenols is 2. The highest BCUT2D eigenvalue weighted by molar-refractivity contribution is 5.90. The van der Waals surface area contributed by atoms with Crippen molar-refractivity contribution in [1.29, 1.82) is 0 Å². The van der Waals surface area contributed by atoms with Crippen LogP contribution in [0.4, 0.5) is 11.4 Å². The van der Waals surface area contributed by atoms with Crippen molar-refractivity contribution in [1.82, 2.24) is 0 Å². The van der Waals surface area contributed by atoms with Gasteiger partial charge in [0.1, 0.15) is 11.5 Å². The number of para-hydroxylation sites is 2. The highest BCUT2D eigenvalue weighted by Crippen LogP contribution is 2.31. The van der Waals surface area contributed by atoms with Gasteiger partial charge in [-0.15, -0.1) is 0 Å². The maximum Gasteiger partial charge on any atom is 0.127 e. The van der Waals surface area contributed by atoms with Gasteiger partial charge in [0.2, 0.25) is 0 Å². The smallest absolute Gasteiger partial charge is 0.127 e. The molecular weight excluding hydrogens is 444 g/mol. The molecule has 190 valence electrons. The Morgan fingerprint density at radius 2 is 0.972 bits per heavy atom. The molecule has 0 aromatic heterocycles. The molecule has 0 bridgehead atoms. The van der Waals surface area contributed by atoms with E-state index in [1.54, 1.807) is 12.4 Å². The molecule has 4 heteroatoms. The lowest BCUT2D eigenvalue weighted by molar-refractivity contribution is 0.466. The number of aliphatic imine (C=N–C) groups is 2. The van der Waals surface area contributed by atoms with Crippen molar-refractivity contribution in [2.24, 2.45) is 9.98 Å². The van der Waals surface area contributed by atoms with Gasteiger partial charge in [-0.3, -0.25) is 9.98 Å². The summed E-state index contributed by atoms with van der Waals surface area (Å²) in [6.45, 7) is 8.56. The summed E-state index contributed by atoms with van der Waals surface area (Å²) in [6.07, 6.45) is 11.2. The monoisotopic (exact) mass is 484 g/mol. The zero-order chi connectivity index (χ0) is 25.9. The number of aromatic hydroxyl groups is 2. The minimum atomic E-state index is 0.308. The van der Waals surface area contributed by atoms with Crippen LogP contribution in [0.2, 0.25) is 0 Å². The van der Waals surface area contributed by atoms with Crippen molar-refractivity contribution >= 4 is 23.8 Å². The molecule has 0 unspecified atom stereocenters. The topological polar surface area (TPSA) is 65.2 Å². The fourth-order valence-electron chi connectivity index (χ4n) is 4.52. The summed E-state index contributed by atoms with van der Waals surface area (Å²) in [4.78, 5) is 9.41. The van der Waals surface area contributed by atoms with Gasteiger partial charge in [-0.05, 0) is 72.2 Å². The van der Waals surface area contributed by atoms with Crippen LogP contribution in [0, 0.1) is 0 Å². The molecule has 0 spiro atoms. The average molecular weight is 485 g/mol. The molecule has 3 rings (SSSR count). The van der Waals surface area contributed by atoms with Crippen LogP contribution in [-0.2, 0) is 25.7 Å². The zero-order valence-corrected chi connectivity index (χ0v) is 22.2. The molecule has 0 saturated heterocycles. The summed E-state index contributed by atoms with van der Waals surface area (Å²) in [5.41, 5.74) is 7.28. The van der Waals surface area contributed by atoms with Gasteiger partial charge in [0.25, 0.3) is 0 Å². The number of hydrogen-bond donors (Lipinski definition) is 2. The summed E-state index contributed by atoms with van der Waals surface area (Å²) in [5, 5.41) is 21.7. The van der Waals surface area contributed by atoms with Gasteiger partial charge in [0.15, 0.2) is 0 Å². The summed E-state index contributed by atoms with van der Waals surface area (Å²) in [6, 6.07) is 16.0. The minimum Gasteiger partial charge on any atom is -0.507 e. The fraction of sp³-hybridized carbons (Fsp3) is 0.375. The normalized spacial score (nSPS) is 11.7. The standard InChI is InChI=1S/C32H40N2O2/c1-5-11-23-17-25(13-7-3)31(35)27(19-23)21-33-29-15-9-10-16-30(29)34-22-28-20-24(12-6-2)18-26(14-8-4)32(28)36/h9-10,15-22,35-36H,5-8,11-14H2,1-4H3. The Bertz CT molecular complexity index is 1120. The van der Waals surface area contributed by atoms with E-state index < -0.39 is 0 Å². The number of phenolic OH excluding ortho intramolecular Hbond substituents is 2. The lowest BCUT2D eigenvalue weighted by atomic mass is 9.99. The Kier molecular flexibility index (Phi) is 10.3. The van der Waals surface area contributed by atoms with Gasteiger partial charge < -0.3 is 10.2 Å². The van der Waals surface area contributed by atoms with Crippen molar-refractivity contribution in [3.05, 3.63) is 81.9 Å². The maximum atomic E-state index is 10.8. The van der Waals surface area contributed by atoms with Crippen LogP contribution >= 0.6 is 0 Å². The molecule has 0 fully saturated rings. The Morgan fingerprint density at radius 1 is 0.583 bits per heavy atom. The second kappa shape index (κ2) is 13.6. The average Bonchev–Trinajstić information content (AvgIpc) is 2.87. The molecule has 0 radical (unpaired) electrons. The van der Waals surface area contributed by atoms with E-state index >= 15 is 0 Å². The first kappa shape index (κ1) is 27.2. The lowest BCUT2D eigenvalue weighted by Crippen LogP contribution is -1.95. The summed E-state index contributed by atoms with van der Waals surface area (Å²) in [5.74, 6) is 0.616. The highest BCUT2D eigenvalue weighted by atomic mass is 16.3. The fourth-order valence-corrected chi connectivity index (χ4v) is 4.52. The first-order valence-corrected chi connectivity index (χ1v) is 13.4. The van der Waals surface area contributed by atoms with Gasteiger partial charge in [-0.2, -0.15) is 0 Å². The molecular formula is C32H40N2O2. The second-order valence-corrected chi connectivity index (χ2v) is 9.39. The van der Waals surface area contributed by atoms with E-state index in [4.69, 9.17) is 9.98 Å². The van der Waals surface area contributed by atoms with Crippen molar-refractivity contribution in [2.45, 2.75) is 79.1 Å². The van der Waals surface area contributed by atoms with Crippen LogP contribution in [0.15, 0.2) is 58.5 Å². The molecule has 3 aromatic rings. The van der Waals surface area contributed by atoms with Crippen molar-refractivity contribution in [2.75, 3.05) is 0 Å². The number of rotatable bonds is 12. The number of hydrogen-bond acceptors (Lipinski definition) is 4. The third kappa shape index (κ3) is 7.07. The second-order valence-electron chi connectivity index (χ2n) is 9.39. The van der Waals surface area contributed by atoms with E-state index in [2.05, 4.69) is 39.8 Å². The first-order chi connectivity index (χ1) is 17.5. The number of nitrogens with zero attached hydrogens (tertiary/aromatic N) is 2. The van der Waals surface area contributed by atoms with Crippen LogP contribution in [0.25, 0.3) is 0 Å². The Morgan fingerprint density at radius 3 is 1.33 bits per heavy atom. The molecule has 0 saturated carbocycles. The SMILES string of the molecule is CCCc1cc(C=Nc2ccccc2N=Cc2cc(CCC)cc(CCC)c2O)c(O)c(CCC)c1. The molecule has 0 aliphatic rings. The van der Waals surface area contributed by atoms with Crippen LogP contribution in [0.5, 0.6) is 11.5 Å².